The molecule has 0 saturated carbocycles. The van der Waals surface area contributed by atoms with Gasteiger partial charge in [0.1, 0.15) is 6.42 Å². The largest absolute Gasteiger partial charge is 0.353 e. The Morgan fingerprint density at radius 3 is 2.33 bits per heavy atom. The van der Waals surface area contributed by atoms with E-state index in [1.54, 1.807) is 24.3 Å². The van der Waals surface area contributed by atoms with Gasteiger partial charge in [-0.25, -0.2) is 0 Å². The summed E-state index contributed by atoms with van der Waals surface area (Å²) in [5, 5.41) is 13.8. The molecule has 0 aliphatic carbocycles. The van der Waals surface area contributed by atoms with Crippen molar-refractivity contribution >= 4 is 17.5 Å². The minimum atomic E-state index is -0.377. The molecule has 5 nitrogen and oxygen atoms in total. The molecule has 94 valence electrons. The number of carbonyl (C=O) groups excluding carboxylic acids is 2. The van der Waals surface area contributed by atoms with Crippen LogP contribution in [-0.4, -0.2) is 17.9 Å². The van der Waals surface area contributed by atoms with E-state index in [1.807, 2.05) is 19.9 Å². The van der Waals surface area contributed by atoms with Gasteiger partial charge in [0.15, 0.2) is 0 Å². The van der Waals surface area contributed by atoms with E-state index in [0.717, 1.165) is 0 Å². The highest BCUT2D eigenvalue weighted by molar-refractivity contribution is 6.03. The highest BCUT2D eigenvalue weighted by Crippen LogP contribution is 2.08. The van der Waals surface area contributed by atoms with Crippen LogP contribution in [0.3, 0.4) is 0 Å². The molecule has 18 heavy (non-hydrogen) atoms. The predicted molar refractivity (Wildman–Crippen MR) is 67.7 cm³/mol. The molecule has 0 atom stereocenters. The third kappa shape index (κ3) is 4.66. The number of anilines is 1. The number of nitrogens with one attached hydrogen (secondary N) is 2. The van der Waals surface area contributed by atoms with Crippen molar-refractivity contribution in [3.05, 3.63) is 29.8 Å². The zero-order valence-corrected chi connectivity index (χ0v) is 10.4. The van der Waals surface area contributed by atoms with E-state index in [4.69, 9.17) is 5.26 Å². The second-order valence-corrected chi connectivity index (χ2v) is 4.14. The summed E-state index contributed by atoms with van der Waals surface area (Å²) in [4.78, 5) is 22.9. The molecule has 0 aliphatic heterocycles. The number of carbonyl (C=O) groups is 2. The van der Waals surface area contributed by atoms with Crippen molar-refractivity contribution in [2.45, 2.75) is 26.3 Å². The molecule has 2 amide bonds. The molecule has 0 aromatic heterocycles. The summed E-state index contributed by atoms with van der Waals surface area (Å²) in [5.74, 6) is -0.686. The number of rotatable bonds is 4. The maximum atomic E-state index is 11.5. The van der Waals surface area contributed by atoms with Crippen LogP contribution in [0.15, 0.2) is 24.3 Å². The zero-order chi connectivity index (χ0) is 13.5. The summed E-state index contributed by atoms with van der Waals surface area (Å²) >= 11 is 0. The number of nitriles is 1. The Morgan fingerprint density at radius 1 is 1.22 bits per heavy atom. The molecule has 2 N–H and O–H groups in total. The van der Waals surface area contributed by atoms with E-state index in [2.05, 4.69) is 10.6 Å². The normalized spacial score (nSPS) is 9.67. The second kappa shape index (κ2) is 6.40. The van der Waals surface area contributed by atoms with E-state index in [1.165, 1.54) is 0 Å². The smallest absolute Gasteiger partial charge is 0.233 e. The van der Waals surface area contributed by atoms with E-state index in [-0.39, 0.29) is 24.3 Å². The van der Waals surface area contributed by atoms with Gasteiger partial charge in [0, 0.05) is 11.7 Å². The molecule has 5 heteroatoms. The summed E-state index contributed by atoms with van der Waals surface area (Å²) in [5.41, 5.74) is 1.09. The monoisotopic (exact) mass is 245 g/mol. The fraction of sp³-hybridized carbons (Fsp3) is 0.308. The van der Waals surface area contributed by atoms with E-state index in [0.29, 0.717) is 11.3 Å². The molecule has 0 bridgehead atoms. The fourth-order valence-electron chi connectivity index (χ4n) is 1.35. The maximum Gasteiger partial charge on any atom is 0.233 e. The first kappa shape index (κ1) is 13.7. The highest BCUT2D eigenvalue weighted by atomic mass is 16.2. The standard InChI is InChI=1S/C13H15N3O2/c1-9(2)15-12(17)7-13(18)16-11-5-3-10(8-14)4-6-11/h3-6,9H,7H2,1-2H3,(H,15,17)(H,16,18). The van der Waals surface area contributed by atoms with Gasteiger partial charge in [-0.2, -0.15) is 5.26 Å². The summed E-state index contributed by atoms with van der Waals surface area (Å²) in [6.07, 6.45) is -0.210. The van der Waals surface area contributed by atoms with Gasteiger partial charge in [0.2, 0.25) is 11.8 Å². The molecule has 0 spiro atoms. The Labute approximate surface area is 106 Å². The summed E-state index contributed by atoms with van der Waals surface area (Å²) < 4.78 is 0. The minimum Gasteiger partial charge on any atom is -0.353 e. The van der Waals surface area contributed by atoms with Crippen molar-refractivity contribution in [3.8, 4) is 6.07 Å². The lowest BCUT2D eigenvalue weighted by Crippen LogP contribution is -2.33. The van der Waals surface area contributed by atoms with E-state index < -0.39 is 0 Å². The maximum absolute atomic E-state index is 11.5. The SMILES string of the molecule is CC(C)NC(=O)CC(=O)Nc1ccc(C#N)cc1. The molecule has 0 aliphatic rings. The van der Waals surface area contributed by atoms with Gasteiger partial charge in [-0.3, -0.25) is 9.59 Å². The number of hydrogen-bond donors (Lipinski definition) is 2. The molecule has 1 aromatic carbocycles. The second-order valence-electron chi connectivity index (χ2n) is 4.14. The van der Waals surface area contributed by atoms with Crippen molar-refractivity contribution < 1.29 is 9.59 Å². The van der Waals surface area contributed by atoms with Crippen LogP contribution < -0.4 is 10.6 Å². The molecule has 1 rings (SSSR count). The van der Waals surface area contributed by atoms with Gasteiger partial charge in [-0.05, 0) is 38.1 Å². The molecule has 1 aromatic rings. The van der Waals surface area contributed by atoms with Gasteiger partial charge >= 0.3 is 0 Å². The van der Waals surface area contributed by atoms with Crippen LogP contribution in [0.25, 0.3) is 0 Å². The van der Waals surface area contributed by atoms with Crippen molar-refractivity contribution in [1.29, 1.82) is 5.26 Å². The Kier molecular flexibility index (Phi) is 4.88. The van der Waals surface area contributed by atoms with Gasteiger partial charge in [0.25, 0.3) is 0 Å². The summed E-state index contributed by atoms with van der Waals surface area (Å²) in [7, 11) is 0. The molecular weight excluding hydrogens is 230 g/mol. The van der Waals surface area contributed by atoms with Crippen LogP contribution in [0, 0.1) is 11.3 Å². The summed E-state index contributed by atoms with van der Waals surface area (Å²) in [6.45, 7) is 3.66. The number of nitrogens with zero attached hydrogens (tertiary/aromatic N) is 1. The van der Waals surface area contributed by atoms with Crippen molar-refractivity contribution in [2.24, 2.45) is 0 Å². The predicted octanol–water partition coefficient (Wildman–Crippen LogP) is 1.41. The van der Waals surface area contributed by atoms with Gasteiger partial charge in [0.05, 0.1) is 11.6 Å². The quantitative estimate of drug-likeness (QED) is 0.787. The topological polar surface area (TPSA) is 82.0 Å². The molecular formula is C13H15N3O2. The lowest BCUT2D eigenvalue weighted by Gasteiger charge is -2.08. The molecule has 0 radical (unpaired) electrons. The Bertz CT molecular complexity index is 472. The van der Waals surface area contributed by atoms with Crippen LogP contribution in [0.5, 0.6) is 0 Å². The van der Waals surface area contributed by atoms with Crippen molar-refractivity contribution in [2.75, 3.05) is 5.32 Å². The van der Waals surface area contributed by atoms with Crippen molar-refractivity contribution in [1.82, 2.24) is 5.32 Å². The van der Waals surface area contributed by atoms with Crippen LogP contribution in [-0.2, 0) is 9.59 Å². The van der Waals surface area contributed by atoms with Gasteiger partial charge in [-0.15, -0.1) is 0 Å². The zero-order valence-electron chi connectivity index (χ0n) is 10.4. The Morgan fingerprint density at radius 2 is 1.83 bits per heavy atom. The lowest BCUT2D eigenvalue weighted by atomic mass is 10.2. The first-order chi connectivity index (χ1) is 8.51. The average Bonchev–Trinajstić information content (AvgIpc) is 2.28. The summed E-state index contributed by atoms with van der Waals surface area (Å²) in [6, 6.07) is 8.44. The minimum absolute atomic E-state index is 0.0141. The third-order valence-corrected chi connectivity index (χ3v) is 2.07. The van der Waals surface area contributed by atoms with Crippen LogP contribution in [0.2, 0.25) is 0 Å². The van der Waals surface area contributed by atoms with E-state index in [9.17, 15) is 9.59 Å². The van der Waals surface area contributed by atoms with Crippen LogP contribution in [0.4, 0.5) is 5.69 Å². The first-order valence-corrected chi connectivity index (χ1v) is 5.60. The number of benzene rings is 1. The Balaban J connectivity index is 2.49. The fourth-order valence-corrected chi connectivity index (χ4v) is 1.35. The molecule has 0 unspecified atom stereocenters. The molecule has 0 saturated heterocycles. The molecule has 0 heterocycles. The highest BCUT2D eigenvalue weighted by Gasteiger charge is 2.10. The van der Waals surface area contributed by atoms with Crippen LogP contribution in [0.1, 0.15) is 25.8 Å². The first-order valence-electron chi connectivity index (χ1n) is 5.60. The van der Waals surface area contributed by atoms with Gasteiger partial charge in [-0.1, -0.05) is 0 Å². The number of hydrogen-bond acceptors (Lipinski definition) is 3. The molecule has 0 fully saturated rings. The van der Waals surface area contributed by atoms with Crippen molar-refractivity contribution in [3.63, 3.8) is 0 Å². The van der Waals surface area contributed by atoms with Crippen LogP contribution >= 0.6 is 0 Å². The number of amides is 2. The Hall–Kier alpha value is -2.35. The lowest BCUT2D eigenvalue weighted by molar-refractivity contribution is -0.127. The van der Waals surface area contributed by atoms with E-state index >= 15 is 0 Å². The van der Waals surface area contributed by atoms with Gasteiger partial charge < -0.3 is 10.6 Å². The third-order valence-electron chi connectivity index (χ3n) is 2.07. The average molecular weight is 245 g/mol.